The van der Waals surface area contributed by atoms with Gasteiger partial charge in [0.1, 0.15) is 0 Å². The van der Waals surface area contributed by atoms with Crippen LogP contribution in [0.4, 0.5) is 0 Å². The lowest BCUT2D eigenvalue weighted by Gasteiger charge is -2.12. The van der Waals surface area contributed by atoms with Crippen molar-refractivity contribution in [1.82, 2.24) is 0 Å². The minimum Gasteiger partial charge on any atom is -0.469 e. The standard InChI is InChI=1S/C18H36O4/c1-20-17(19)15-13-11-9-7-5-4-6-8-10-12-14-16-18(21-2)22-3/h18H,4-16H2,1-3H3. The maximum atomic E-state index is 10.9. The molecule has 0 saturated heterocycles. The van der Waals surface area contributed by atoms with Gasteiger partial charge in [-0.25, -0.2) is 0 Å². The predicted molar refractivity (Wildman–Crippen MR) is 89.8 cm³/mol. The van der Waals surface area contributed by atoms with Crippen LogP contribution in [0.15, 0.2) is 0 Å². The van der Waals surface area contributed by atoms with Gasteiger partial charge in [0.25, 0.3) is 0 Å². The molecule has 0 aromatic heterocycles. The van der Waals surface area contributed by atoms with Gasteiger partial charge in [0.05, 0.1) is 7.11 Å². The third-order valence-electron chi connectivity index (χ3n) is 4.07. The molecule has 0 aliphatic carbocycles. The fourth-order valence-electron chi connectivity index (χ4n) is 2.61. The number of rotatable bonds is 16. The highest BCUT2D eigenvalue weighted by Crippen LogP contribution is 2.13. The first-order chi connectivity index (χ1) is 10.7. The van der Waals surface area contributed by atoms with Crippen LogP contribution in [0.1, 0.15) is 83.5 Å². The monoisotopic (exact) mass is 316 g/mol. The zero-order valence-electron chi connectivity index (χ0n) is 14.9. The Morgan fingerprint density at radius 3 is 1.50 bits per heavy atom. The van der Waals surface area contributed by atoms with E-state index in [2.05, 4.69) is 4.74 Å². The Morgan fingerprint density at radius 1 is 0.682 bits per heavy atom. The van der Waals surface area contributed by atoms with E-state index in [9.17, 15) is 4.79 Å². The van der Waals surface area contributed by atoms with Crippen LogP contribution in [0.3, 0.4) is 0 Å². The molecule has 4 nitrogen and oxygen atoms in total. The van der Waals surface area contributed by atoms with Crippen molar-refractivity contribution in [3.05, 3.63) is 0 Å². The Morgan fingerprint density at radius 2 is 1.09 bits per heavy atom. The second kappa shape index (κ2) is 16.8. The molecule has 0 atom stereocenters. The molecule has 22 heavy (non-hydrogen) atoms. The minimum atomic E-state index is -0.0812. The lowest BCUT2D eigenvalue weighted by molar-refractivity contribution is -0.140. The number of unbranched alkanes of at least 4 members (excludes halogenated alkanes) is 10. The number of carbonyl (C=O) groups is 1. The second-order valence-electron chi connectivity index (χ2n) is 5.90. The summed E-state index contributed by atoms with van der Waals surface area (Å²) in [6, 6.07) is 0. The van der Waals surface area contributed by atoms with Crippen LogP contribution < -0.4 is 0 Å². The first-order valence-corrected chi connectivity index (χ1v) is 8.87. The topological polar surface area (TPSA) is 44.8 Å². The van der Waals surface area contributed by atoms with Gasteiger partial charge in [-0.15, -0.1) is 0 Å². The van der Waals surface area contributed by atoms with Gasteiger partial charge in [-0.3, -0.25) is 4.79 Å². The summed E-state index contributed by atoms with van der Waals surface area (Å²) in [6.45, 7) is 0. The Balaban J connectivity index is 3.10. The summed E-state index contributed by atoms with van der Waals surface area (Å²) in [4.78, 5) is 10.9. The van der Waals surface area contributed by atoms with E-state index in [-0.39, 0.29) is 12.3 Å². The van der Waals surface area contributed by atoms with Crippen molar-refractivity contribution < 1.29 is 19.0 Å². The summed E-state index contributed by atoms with van der Waals surface area (Å²) in [6.07, 6.45) is 15.3. The van der Waals surface area contributed by atoms with Gasteiger partial charge in [-0.2, -0.15) is 0 Å². The summed E-state index contributed by atoms with van der Waals surface area (Å²) < 4.78 is 15.0. The van der Waals surface area contributed by atoms with E-state index in [1.165, 1.54) is 64.9 Å². The highest BCUT2D eigenvalue weighted by molar-refractivity contribution is 5.68. The van der Waals surface area contributed by atoms with Crippen LogP contribution in [0.2, 0.25) is 0 Å². The Labute approximate surface area is 136 Å². The van der Waals surface area contributed by atoms with Crippen molar-refractivity contribution in [3.8, 4) is 0 Å². The molecule has 0 amide bonds. The quantitative estimate of drug-likeness (QED) is 0.232. The molecule has 0 fully saturated rings. The molecule has 0 spiro atoms. The summed E-state index contributed by atoms with van der Waals surface area (Å²) >= 11 is 0. The molecular formula is C18H36O4. The molecule has 0 aliphatic rings. The molecule has 0 aliphatic heterocycles. The molecule has 0 rings (SSSR count). The molecule has 4 heteroatoms. The van der Waals surface area contributed by atoms with Crippen LogP contribution in [0.5, 0.6) is 0 Å². The van der Waals surface area contributed by atoms with Crippen molar-refractivity contribution in [3.63, 3.8) is 0 Å². The fraction of sp³-hybridized carbons (Fsp3) is 0.944. The molecule has 0 aromatic rings. The molecular weight excluding hydrogens is 280 g/mol. The normalized spacial score (nSPS) is 11.1. The summed E-state index contributed by atoms with van der Waals surface area (Å²) in [7, 11) is 4.85. The van der Waals surface area contributed by atoms with Gasteiger partial charge >= 0.3 is 5.97 Å². The maximum Gasteiger partial charge on any atom is 0.305 e. The van der Waals surface area contributed by atoms with Crippen LogP contribution in [-0.2, 0) is 19.0 Å². The van der Waals surface area contributed by atoms with Gasteiger partial charge in [0.15, 0.2) is 6.29 Å². The van der Waals surface area contributed by atoms with Crippen LogP contribution in [0.25, 0.3) is 0 Å². The maximum absolute atomic E-state index is 10.9. The highest BCUT2D eigenvalue weighted by atomic mass is 16.7. The summed E-state index contributed by atoms with van der Waals surface area (Å²) in [5.74, 6) is -0.0812. The average Bonchev–Trinajstić information content (AvgIpc) is 2.55. The number of esters is 1. The molecule has 132 valence electrons. The number of hydrogen-bond donors (Lipinski definition) is 0. The van der Waals surface area contributed by atoms with Gasteiger partial charge in [-0.05, 0) is 19.3 Å². The number of ether oxygens (including phenoxy) is 3. The van der Waals surface area contributed by atoms with E-state index in [4.69, 9.17) is 9.47 Å². The van der Waals surface area contributed by atoms with Crippen molar-refractivity contribution in [2.75, 3.05) is 21.3 Å². The molecule has 0 bridgehead atoms. The van der Waals surface area contributed by atoms with E-state index in [0.717, 1.165) is 19.3 Å². The third kappa shape index (κ3) is 14.3. The zero-order valence-corrected chi connectivity index (χ0v) is 14.9. The van der Waals surface area contributed by atoms with E-state index in [1.807, 2.05) is 0 Å². The van der Waals surface area contributed by atoms with Gasteiger partial charge < -0.3 is 14.2 Å². The lowest BCUT2D eigenvalue weighted by atomic mass is 10.0. The van der Waals surface area contributed by atoms with E-state index < -0.39 is 0 Å². The van der Waals surface area contributed by atoms with Crippen molar-refractivity contribution in [2.45, 2.75) is 89.8 Å². The summed E-state index contributed by atoms with van der Waals surface area (Å²) in [5.41, 5.74) is 0. The molecule has 0 saturated carbocycles. The molecule has 0 heterocycles. The zero-order chi connectivity index (χ0) is 16.5. The number of carbonyl (C=O) groups excluding carboxylic acids is 1. The summed E-state index contributed by atoms with van der Waals surface area (Å²) in [5, 5.41) is 0. The van der Waals surface area contributed by atoms with E-state index in [1.54, 1.807) is 14.2 Å². The second-order valence-corrected chi connectivity index (χ2v) is 5.90. The van der Waals surface area contributed by atoms with Crippen molar-refractivity contribution in [2.24, 2.45) is 0 Å². The molecule has 0 aromatic carbocycles. The number of methoxy groups -OCH3 is 3. The molecule has 0 unspecified atom stereocenters. The van der Waals surface area contributed by atoms with Gasteiger partial charge in [-0.1, -0.05) is 57.8 Å². The highest BCUT2D eigenvalue weighted by Gasteiger charge is 2.03. The van der Waals surface area contributed by atoms with Gasteiger partial charge in [0, 0.05) is 20.6 Å². The first-order valence-electron chi connectivity index (χ1n) is 8.87. The average molecular weight is 316 g/mol. The van der Waals surface area contributed by atoms with Crippen LogP contribution in [-0.4, -0.2) is 33.6 Å². The van der Waals surface area contributed by atoms with Crippen LogP contribution >= 0.6 is 0 Å². The SMILES string of the molecule is COC(=O)CCCCCCCCCCCCCC(OC)OC. The third-order valence-corrected chi connectivity index (χ3v) is 4.07. The molecule has 0 N–H and O–H groups in total. The van der Waals surface area contributed by atoms with Gasteiger partial charge in [0.2, 0.25) is 0 Å². The Hall–Kier alpha value is -0.610. The first kappa shape index (κ1) is 21.4. The van der Waals surface area contributed by atoms with Crippen LogP contribution in [0, 0.1) is 0 Å². The predicted octanol–water partition coefficient (Wildman–Crippen LogP) is 4.85. The van der Waals surface area contributed by atoms with Crippen molar-refractivity contribution >= 4 is 5.97 Å². The fourth-order valence-corrected chi connectivity index (χ4v) is 2.61. The minimum absolute atomic E-state index is 0.0285. The number of hydrogen-bond acceptors (Lipinski definition) is 4. The Bertz CT molecular complexity index is 239. The smallest absolute Gasteiger partial charge is 0.305 e. The van der Waals surface area contributed by atoms with E-state index in [0.29, 0.717) is 6.42 Å². The Kier molecular flexibility index (Phi) is 16.3. The molecule has 0 radical (unpaired) electrons. The largest absolute Gasteiger partial charge is 0.469 e. The van der Waals surface area contributed by atoms with E-state index >= 15 is 0 Å². The lowest BCUT2D eigenvalue weighted by Crippen LogP contribution is -2.12. The van der Waals surface area contributed by atoms with Crippen molar-refractivity contribution in [1.29, 1.82) is 0 Å².